The van der Waals surface area contributed by atoms with Crippen LogP contribution < -0.4 is 0 Å². The maximum atomic E-state index is 13.1. The zero-order chi connectivity index (χ0) is 11.3. The Morgan fingerprint density at radius 3 is 2.73 bits per heavy atom. The minimum absolute atomic E-state index is 0.178. The third-order valence-corrected chi connectivity index (χ3v) is 3.26. The van der Waals surface area contributed by atoms with E-state index in [1.165, 1.54) is 6.07 Å². The molecule has 0 aliphatic rings. The van der Waals surface area contributed by atoms with Gasteiger partial charge in [-0.1, -0.05) is 35.0 Å². The first-order chi connectivity index (χ1) is 7.19. The van der Waals surface area contributed by atoms with Crippen LogP contribution in [0.5, 0.6) is 0 Å². The molecule has 2 atom stereocenters. The lowest BCUT2D eigenvalue weighted by Gasteiger charge is -2.21. The van der Waals surface area contributed by atoms with Crippen LogP contribution >= 0.6 is 15.9 Å². The lowest BCUT2D eigenvalue weighted by molar-refractivity contribution is 0.150. The number of benzene rings is 1. The molecule has 0 amide bonds. The van der Waals surface area contributed by atoms with Gasteiger partial charge in [0.25, 0.3) is 0 Å². The molecule has 0 heterocycles. The van der Waals surface area contributed by atoms with Crippen LogP contribution in [0.1, 0.15) is 18.4 Å². The Labute approximate surface area is 98.8 Å². The normalized spacial score (nSPS) is 14.9. The zero-order valence-electron chi connectivity index (χ0n) is 9.04. The van der Waals surface area contributed by atoms with Crippen LogP contribution in [0.2, 0.25) is 0 Å². The Kier molecular flexibility index (Phi) is 5.26. The fourth-order valence-electron chi connectivity index (χ4n) is 1.69. The summed E-state index contributed by atoms with van der Waals surface area (Å²) in [5, 5.41) is 0.820. The van der Waals surface area contributed by atoms with Crippen LogP contribution in [0.4, 0.5) is 4.39 Å². The van der Waals surface area contributed by atoms with Crippen LogP contribution in [0, 0.1) is 11.7 Å². The Balaban J connectivity index is 2.82. The van der Waals surface area contributed by atoms with E-state index in [9.17, 15) is 4.39 Å². The van der Waals surface area contributed by atoms with E-state index in [4.69, 9.17) is 4.74 Å². The summed E-state index contributed by atoms with van der Waals surface area (Å²) in [6.45, 7) is 2.80. The van der Waals surface area contributed by atoms with Gasteiger partial charge in [-0.25, -0.2) is 4.39 Å². The highest BCUT2D eigenvalue weighted by Gasteiger charge is 2.18. The second-order valence-electron chi connectivity index (χ2n) is 3.75. The molecule has 0 aromatic heterocycles. The molecule has 15 heavy (non-hydrogen) atoms. The van der Waals surface area contributed by atoms with E-state index in [0.717, 1.165) is 10.9 Å². The predicted octanol–water partition coefficient (Wildman–Crippen LogP) is 3.59. The van der Waals surface area contributed by atoms with Crippen molar-refractivity contribution in [3.63, 3.8) is 0 Å². The first kappa shape index (κ1) is 12.7. The molecule has 0 aliphatic heterocycles. The maximum absolute atomic E-state index is 13.1. The van der Waals surface area contributed by atoms with E-state index in [0.29, 0.717) is 18.4 Å². The lowest BCUT2D eigenvalue weighted by atomic mass is 9.89. The molecule has 0 N–H and O–H groups in total. The highest BCUT2D eigenvalue weighted by atomic mass is 79.9. The third-order valence-electron chi connectivity index (χ3n) is 2.56. The van der Waals surface area contributed by atoms with Gasteiger partial charge in [-0.3, -0.25) is 0 Å². The molecule has 0 bridgehead atoms. The Hall–Kier alpha value is -0.410. The quantitative estimate of drug-likeness (QED) is 0.746. The van der Waals surface area contributed by atoms with E-state index in [-0.39, 0.29) is 5.82 Å². The molecule has 3 heteroatoms. The molecule has 1 aromatic carbocycles. The van der Waals surface area contributed by atoms with Gasteiger partial charge in [0.2, 0.25) is 0 Å². The SMILES string of the molecule is COCC(C)C(CBr)c1cccc(F)c1. The fraction of sp³-hybridized carbons (Fsp3) is 0.500. The topological polar surface area (TPSA) is 9.23 Å². The maximum Gasteiger partial charge on any atom is 0.123 e. The molecule has 0 fully saturated rings. The van der Waals surface area contributed by atoms with Gasteiger partial charge in [0.15, 0.2) is 0 Å². The molecule has 0 aliphatic carbocycles. The van der Waals surface area contributed by atoms with E-state index in [1.807, 2.05) is 6.07 Å². The molecule has 0 saturated heterocycles. The summed E-state index contributed by atoms with van der Waals surface area (Å²) < 4.78 is 18.2. The predicted molar refractivity (Wildman–Crippen MR) is 64.0 cm³/mol. The van der Waals surface area contributed by atoms with Gasteiger partial charge < -0.3 is 4.74 Å². The van der Waals surface area contributed by atoms with Crippen LogP contribution in [0.25, 0.3) is 0 Å². The minimum Gasteiger partial charge on any atom is -0.384 e. The molecule has 0 radical (unpaired) electrons. The summed E-state index contributed by atoms with van der Waals surface area (Å²) in [5.74, 6) is 0.486. The van der Waals surface area contributed by atoms with Gasteiger partial charge in [0, 0.05) is 19.0 Å². The molecule has 2 unspecified atom stereocenters. The van der Waals surface area contributed by atoms with Crippen molar-refractivity contribution >= 4 is 15.9 Å². The average molecular weight is 275 g/mol. The third kappa shape index (κ3) is 3.58. The van der Waals surface area contributed by atoms with Gasteiger partial charge in [-0.2, -0.15) is 0 Å². The first-order valence-electron chi connectivity index (χ1n) is 4.99. The highest BCUT2D eigenvalue weighted by Crippen LogP contribution is 2.27. The second kappa shape index (κ2) is 6.23. The largest absolute Gasteiger partial charge is 0.384 e. The van der Waals surface area contributed by atoms with Crippen LogP contribution in [0.15, 0.2) is 24.3 Å². The van der Waals surface area contributed by atoms with Crippen molar-refractivity contribution in [3.05, 3.63) is 35.6 Å². The van der Waals surface area contributed by atoms with Crippen molar-refractivity contribution in [1.82, 2.24) is 0 Å². The lowest BCUT2D eigenvalue weighted by Crippen LogP contribution is -2.16. The molecule has 1 rings (SSSR count). The molecule has 0 spiro atoms. The van der Waals surface area contributed by atoms with Crippen LogP contribution in [-0.2, 0) is 4.74 Å². The fourth-order valence-corrected chi connectivity index (χ4v) is 2.70. The molecule has 0 saturated carbocycles. The van der Waals surface area contributed by atoms with E-state index in [2.05, 4.69) is 22.9 Å². The zero-order valence-corrected chi connectivity index (χ0v) is 10.6. The summed E-state index contributed by atoms with van der Waals surface area (Å²) >= 11 is 3.47. The van der Waals surface area contributed by atoms with Crippen molar-refractivity contribution in [1.29, 1.82) is 0 Å². The minimum atomic E-state index is -0.178. The van der Waals surface area contributed by atoms with Crippen molar-refractivity contribution in [2.45, 2.75) is 12.8 Å². The molecule has 1 aromatic rings. The molecular weight excluding hydrogens is 259 g/mol. The molecule has 84 valence electrons. The van der Waals surface area contributed by atoms with Crippen molar-refractivity contribution < 1.29 is 9.13 Å². The number of methoxy groups -OCH3 is 1. The standard InChI is InChI=1S/C12H16BrFO/c1-9(8-15-2)12(7-13)10-4-3-5-11(14)6-10/h3-6,9,12H,7-8H2,1-2H3. The summed E-state index contributed by atoms with van der Waals surface area (Å²) in [5.41, 5.74) is 1.02. The van der Waals surface area contributed by atoms with Crippen molar-refractivity contribution in [3.8, 4) is 0 Å². The van der Waals surface area contributed by atoms with Gasteiger partial charge in [-0.15, -0.1) is 0 Å². The number of halogens is 2. The van der Waals surface area contributed by atoms with E-state index in [1.54, 1.807) is 19.2 Å². The Morgan fingerprint density at radius 1 is 1.47 bits per heavy atom. The Bertz CT molecular complexity index is 303. The van der Waals surface area contributed by atoms with Crippen molar-refractivity contribution in [2.75, 3.05) is 19.0 Å². The monoisotopic (exact) mass is 274 g/mol. The smallest absolute Gasteiger partial charge is 0.123 e. The number of alkyl halides is 1. The summed E-state index contributed by atoms with van der Waals surface area (Å²) in [7, 11) is 1.69. The van der Waals surface area contributed by atoms with Gasteiger partial charge in [0.05, 0.1) is 0 Å². The molecular formula is C12H16BrFO. The molecule has 1 nitrogen and oxygen atoms in total. The number of hydrogen-bond donors (Lipinski definition) is 0. The van der Waals surface area contributed by atoms with Gasteiger partial charge in [-0.05, 0) is 29.5 Å². The van der Waals surface area contributed by atoms with Gasteiger partial charge >= 0.3 is 0 Å². The average Bonchev–Trinajstić information content (AvgIpc) is 2.19. The van der Waals surface area contributed by atoms with Gasteiger partial charge in [0.1, 0.15) is 5.82 Å². The summed E-state index contributed by atoms with van der Waals surface area (Å²) in [4.78, 5) is 0. The van der Waals surface area contributed by atoms with E-state index < -0.39 is 0 Å². The summed E-state index contributed by atoms with van der Waals surface area (Å²) in [6.07, 6.45) is 0. The van der Waals surface area contributed by atoms with E-state index >= 15 is 0 Å². The number of hydrogen-bond acceptors (Lipinski definition) is 1. The van der Waals surface area contributed by atoms with Crippen LogP contribution in [0.3, 0.4) is 0 Å². The second-order valence-corrected chi connectivity index (χ2v) is 4.40. The number of ether oxygens (including phenoxy) is 1. The Morgan fingerprint density at radius 2 is 2.20 bits per heavy atom. The number of rotatable bonds is 5. The first-order valence-corrected chi connectivity index (χ1v) is 6.11. The summed E-state index contributed by atoms with van der Waals surface area (Å²) in [6, 6.07) is 6.77. The van der Waals surface area contributed by atoms with Crippen molar-refractivity contribution in [2.24, 2.45) is 5.92 Å². The van der Waals surface area contributed by atoms with Crippen LogP contribution in [-0.4, -0.2) is 19.0 Å². The highest BCUT2D eigenvalue weighted by molar-refractivity contribution is 9.09.